The maximum Gasteiger partial charge on any atom is 0.0524 e. The molecular formula is C20H21N. The molecule has 0 spiro atoms. The van der Waals surface area contributed by atoms with Gasteiger partial charge in [-0.15, -0.1) is 0 Å². The van der Waals surface area contributed by atoms with Gasteiger partial charge in [0.15, 0.2) is 0 Å². The van der Waals surface area contributed by atoms with Gasteiger partial charge in [-0.2, -0.15) is 0 Å². The maximum atomic E-state index is 2.39. The van der Waals surface area contributed by atoms with E-state index in [4.69, 9.17) is 0 Å². The maximum absolute atomic E-state index is 2.39. The van der Waals surface area contributed by atoms with Gasteiger partial charge in [-0.1, -0.05) is 61.4 Å². The van der Waals surface area contributed by atoms with Crippen LogP contribution in [0.5, 0.6) is 0 Å². The Morgan fingerprint density at radius 1 is 0.857 bits per heavy atom. The Balaban J connectivity index is 2.04. The molecule has 1 aliphatic carbocycles. The van der Waals surface area contributed by atoms with Crippen molar-refractivity contribution in [1.29, 1.82) is 0 Å². The summed E-state index contributed by atoms with van der Waals surface area (Å²) in [6.45, 7) is 0. The molecule has 21 heavy (non-hydrogen) atoms. The van der Waals surface area contributed by atoms with E-state index in [9.17, 15) is 0 Å². The molecule has 0 aliphatic heterocycles. The highest BCUT2D eigenvalue weighted by molar-refractivity contribution is 5.92. The lowest BCUT2D eigenvalue weighted by Gasteiger charge is -2.13. The fourth-order valence-electron chi connectivity index (χ4n) is 4.00. The minimum absolute atomic E-state index is 0.728. The van der Waals surface area contributed by atoms with Crippen LogP contribution in [0.3, 0.4) is 0 Å². The smallest absolute Gasteiger partial charge is 0.0524 e. The summed E-state index contributed by atoms with van der Waals surface area (Å²) >= 11 is 0. The lowest BCUT2D eigenvalue weighted by Crippen LogP contribution is -1.97. The monoisotopic (exact) mass is 275 g/mol. The van der Waals surface area contributed by atoms with E-state index in [0.29, 0.717) is 0 Å². The number of para-hydroxylation sites is 1. The van der Waals surface area contributed by atoms with Gasteiger partial charge in [0.2, 0.25) is 0 Å². The first-order valence-corrected chi connectivity index (χ1v) is 7.99. The zero-order valence-corrected chi connectivity index (χ0v) is 12.5. The van der Waals surface area contributed by atoms with Crippen molar-refractivity contribution < 1.29 is 0 Å². The average Bonchev–Trinajstić information content (AvgIpc) is 3.15. The van der Waals surface area contributed by atoms with E-state index in [1.54, 1.807) is 5.56 Å². The molecular weight excluding hydrogens is 254 g/mol. The van der Waals surface area contributed by atoms with Crippen LogP contribution in [0.15, 0.2) is 54.6 Å². The largest absolute Gasteiger partial charge is 0.343 e. The Labute approximate surface area is 126 Å². The van der Waals surface area contributed by atoms with Crippen LogP contribution in [0.1, 0.15) is 37.2 Å². The summed E-state index contributed by atoms with van der Waals surface area (Å²) in [5.74, 6) is 0.728. The quantitative estimate of drug-likeness (QED) is 0.581. The number of aromatic nitrogens is 1. The molecule has 1 heteroatoms. The van der Waals surface area contributed by atoms with E-state index in [1.807, 2.05) is 0 Å². The SMILES string of the molecule is Cn1c(-c2ccccc2)c(C2CCCC2)c2ccccc21. The summed E-state index contributed by atoms with van der Waals surface area (Å²) < 4.78 is 2.39. The van der Waals surface area contributed by atoms with E-state index in [-0.39, 0.29) is 0 Å². The van der Waals surface area contributed by atoms with Crippen LogP contribution < -0.4 is 0 Å². The highest BCUT2D eigenvalue weighted by Gasteiger charge is 2.25. The van der Waals surface area contributed by atoms with E-state index in [2.05, 4.69) is 66.2 Å². The van der Waals surface area contributed by atoms with Gasteiger partial charge in [-0.3, -0.25) is 0 Å². The normalized spacial score (nSPS) is 15.9. The Hall–Kier alpha value is -2.02. The number of rotatable bonds is 2. The minimum atomic E-state index is 0.728. The third-order valence-corrected chi connectivity index (χ3v) is 4.96. The summed E-state index contributed by atoms with van der Waals surface area (Å²) in [6, 6.07) is 19.7. The molecule has 0 saturated heterocycles. The molecule has 0 bridgehead atoms. The second kappa shape index (κ2) is 5.07. The highest BCUT2D eigenvalue weighted by Crippen LogP contribution is 2.44. The molecule has 0 atom stereocenters. The Bertz CT molecular complexity index is 761. The number of hydrogen-bond donors (Lipinski definition) is 0. The zero-order chi connectivity index (χ0) is 14.2. The number of aryl methyl sites for hydroxylation is 1. The molecule has 1 fully saturated rings. The van der Waals surface area contributed by atoms with Gasteiger partial charge in [-0.25, -0.2) is 0 Å². The molecule has 0 unspecified atom stereocenters. The summed E-state index contributed by atoms with van der Waals surface area (Å²) in [7, 11) is 2.21. The van der Waals surface area contributed by atoms with Crippen molar-refractivity contribution in [2.24, 2.45) is 7.05 Å². The second-order valence-corrected chi connectivity index (χ2v) is 6.19. The fraction of sp³-hybridized carbons (Fsp3) is 0.300. The summed E-state index contributed by atoms with van der Waals surface area (Å²) in [5, 5.41) is 1.45. The Morgan fingerprint density at radius 2 is 1.52 bits per heavy atom. The third-order valence-electron chi connectivity index (χ3n) is 4.96. The molecule has 1 aromatic heterocycles. The molecule has 1 aliphatic rings. The molecule has 1 nitrogen and oxygen atoms in total. The Morgan fingerprint density at radius 3 is 2.29 bits per heavy atom. The summed E-state index contributed by atoms with van der Waals surface area (Å²) in [4.78, 5) is 0. The van der Waals surface area contributed by atoms with E-state index in [0.717, 1.165) is 5.92 Å². The standard InChI is InChI=1S/C20H21N/c1-21-18-14-8-7-13-17(18)19(15-9-5-6-10-15)20(21)16-11-3-2-4-12-16/h2-4,7-8,11-15H,5-6,9-10H2,1H3. The van der Waals surface area contributed by atoms with Gasteiger partial charge in [0.05, 0.1) is 5.69 Å². The molecule has 0 amide bonds. The van der Waals surface area contributed by atoms with E-state index >= 15 is 0 Å². The fourth-order valence-corrected chi connectivity index (χ4v) is 4.00. The molecule has 2 aromatic carbocycles. The van der Waals surface area contributed by atoms with Gasteiger partial charge in [-0.05, 0) is 36.0 Å². The molecule has 1 saturated carbocycles. The van der Waals surface area contributed by atoms with Crippen molar-refractivity contribution in [1.82, 2.24) is 4.57 Å². The van der Waals surface area contributed by atoms with Crippen molar-refractivity contribution in [2.45, 2.75) is 31.6 Å². The van der Waals surface area contributed by atoms with Crippen LogP contribution in [0, 0.1) is 0 Å². The summed E-state index contributed by atoms with van der Waals surface area (Å²) in [6.07, 6.45) is 5.44. The first kappa shape index (κ1) is 12.7. The first-order valence-electron chi connectivity index (χ1n) is 7.99. The van der Waals surface area contributed by atoms with Crippen LogP contribution in [-0.4, -0.2) is 4.57 Å². The highest BCUT2D eigenvalue weighted by atomic mass is 15.0. The van der Waals surface area contributed by atoms with Gasteiger partial charge in [0.25, 0.3) is 0 Å². The van der Waals surface area contributed by atoms with Crippen LogP contribution in [0.2, 0.25) is 0 Å². The second-order valence-electron chi connectivity index (χ2n) is 6.19. The van der Waals surface area contributed by atoms with Crippen LogP contribution in [0.4, 0.5) is 0 Å². The number of nitrogens with zero attached hydrogens (tertiary/aromatic N) is 1. The van der Waals surface area contributed by atoms with Crippen LogP contribution >= 0.6 is 0 Å². The molecule has 4 rings (SSSR count). The van der Waals surface area contributed by atoms with Crippen molar-refractivity contribution >= 4 is 10.9 Å². The van der Waals surface area contributed by atoms with Gasteiger partial charge in [0.1, 0.15) is 0 Å². The molecule has 106 valence electrons. The first-order chi connectivity index (χ1) is 10.4. The van der Waals surface area contributed by atoms with E-state index in [1.165, 1.54) is 47.8 Å². The summed E-state index contributed by atoms with van der Waals surface area (Å²) in [5.41, 5.74) is 5.71. The molecule has 1 heterocycles. The van der Waals surface area contributed by atoms with Gasteiger partial charge in [0, 0.05) is 18.0 Å². The van der Waals surface area contributed by atoms with Gasteiger partial charge >= 0.3 is 0 Å². The van der Waals surface area contributed by atoms with Crippen molar-refractivity contribution in [3.05, 3.63) is 60.2 Å². The topological polar surface area (TPSA) is 4.93 Å². The van der Waals surface area contributed by atoms with Crippen molar-refractivity contribution in [3.8, 4) is 11.3 Å². The van der Waals surface area contributed by atoms with Gasteiger partial charge < -0.3 is 4.57 Å². The lowest BCUT2D eigenvalue weighted by molar-refractivity contribution is 0.727. The van der Waals surface area contributed by atoms with E-state index < -0.39 is 0 Å². The van der Waals surface area contributed by atoms with Crippen molar-refractivity contribution in [2.75, 3.05) is 0 Å². The van der Waals surface area contributed by atoms with Crippen LogP contribution in [0.25, 0.3) is 22.2 Å². The molecule has 0 radical (unpaired) electrons. The number of fused-ring (bicyclic) bond motifs is 1. The number of hydrogen-bond acceptors (Lipinski definition) is 0. The zero-order valence-electron chi connectivity index (χ0n) is 12.5. The average molecular weight is 275 g/mol. The molecule has 3 aromatic rings. The third kappa shape index (κ3) is 1.99. The Kier molecular flexibility index (Phi) is 3.07. The predicted octanol–water partition coefficient (Wildman–Crippen LogP) is 5.50. The van der Waals surface area contributed by atoms with Crippen LogP contribution in [-0.2, 0) is 7.05 Å². The molecule has 0 N–H and O–H groups in total. The number of benzene rings is 2. The minimum Gasteiger partial charge on any atom is -0.343 e. The van der Waals surface area contributed by atoms with Crippen molar-refractivity contribution in [3.63, 3.8) is 0 Å². The predicted molar refractivity (Wildman–Crippen MR) is 89.6 cm³/mol. The lowest BCUT2D eigenvalue weighted by atomic mass is 9.92.